The van der Waals surface area contributed by atoms with Gasteiger partial charge in [-0.15, -0.1) is 0 Å². The van der Waals surface area contributed by atoms with Crippen molar-refractivity contribution >= 4 is 15.9 Å². The molecule has 0 saturated carbocycles. The normalized spacial score (nSPS) is 18.7. The Morgan fingerprint density at radius 3 is 2.09 bits per heavy atom. The number of hydrogen-bond acceptors (Lipinski definition) is 5. The van der Waals surface area contributed by atoms with Gasteiger partial charge in [0.2, 0.25) is 15.9 Å². The summed E-state index contributed by atoms with van der Waals surface area (Å²) >= 11 is 0. The molecule has 35 heavy (non-hydrogen) atoms. The summed E-state index contributed by atoms with van der Waals surface area (Å²) in [6.45, 7) is 3.75. The molecular formula is C27H37N3O4S. The van der Waals surface area contributed by atoms with E-state index in [1.54, 1.807) is 35.7 Å². The number of nitrogens with one attached hydrogen (secondary N) is 1. The maximum atomic E-state index is 12.9. The van der Waals surface area contributed by atoms with E-state index in [9.17, 15) is 13.2 Å². The molecule has 1 atom stereocenters. The fraction of sp³-hybridized carbons (Fsp3) is 0.519. The zero-order chi connectivity index (χ0) is 24.7. The number of piperidine rings is 2. The minimum Gasteiger partial charge on any atom is -0.497 e. The highest BCUT2D eigenvalue weighted by molar-refractivity contribution is 7.89. The van der Waals surface area contributed by atoms with E-state index in [0.717, 1.165) is 43.7 Å². The van der Waals surface area contributed by atoms with Gasteiger partial charge in [-0.1, -0.05) is 37.1 Å². The van der Waals surface area contributed by atoms with Crippen LogP contribution in [-0.2, 0) is 21.2 Å². The van der Waals surface area contributed by atoms with Crippen molar-refractivity contribution in [3.63, 3.8) is 0 Å². The smallest absolute Gasteiger partial charge is 0.243 e. The Kier molecular flexibility index (Phi) is 8.81. The second-order valence-corrected chi connectivity index (χ2v) is 11.4. The molecule has 0 unspecified atom stereocenters. The van der Waals surface area contributed by atoms with E-state index < -0.39 is 10.0 Å². The van der Waals surface area contributed by atoms with Crippen molar-refractivity contribution in [2.45, 2.75) is 55.9 Å². The summed E-state index contributed by atoms with van der Waals surface area (Å²) in [7, 11) is -1.80. The molecule has 7 nitrogen and oxygen atoms in total. The van der Waals surface area contributed by atoms with Crippen LogP contribution in [-0.4, -0.2) is 63.4 Å². The van der Waals surface area contributed by atoms with Crippen LogP contribution in [0.5, 0.6) is 5.75 Å². The van der Waals surface area contributed by atoms with Crippen LogP contribution in [0.25, 0.3) is 0 Å². The summed E-state index contributed by atoms with van der Waals surface area (Å²) in [5.74, 6) is 0.757. The number of ether oxygens (including phenoxy) is 1. The van der Waals surface area contributed by atoms with E-state index in [2.05, 4.69) is 22.3 Å². The summed E-state index contributed by atoms with van der Waals surface area (Å²) in [4.78, 5) is 15.5. The number of methoxy groups -OCH3 is 1. The van der Waals surface area contributed by atoms with Gasteiger partial charge >= 0.3 is 0 Å². The number of benzene rings is 2. The van der Waals surface area contributed by atoms with Crippen LogP contribution in [0.2, 0.25) is 0 Å². The van der Waals surface area contributed by atoms with E-state index in [4.69, 9.17) is 4.74 Å². The minimum atomic E-state index is -3.46. The monoisotopic (exact) mass is 499 g/mol. The predicted molar refractivity (Wildman–Crippen MR) is 137 cm³/mol. The van der Waals surface area contributed by atoms with Crippen LogP contribution in [0, 0.1) is 0 Å². The molecule has 0 bridgehead atoms. The molecule has 0 aliphatic carbocycles. The molecule has 2 fully saturated rings. The molecule has 0 radical (unpaired) electrons. The van der Waals surface area contributed by atoms with Crippen molar-refractivity contribution in [1.82, 2.24) is 14.5 Å². The van der Waals surface area contributed by atoms with E-state index in [1.165, 1.54) is 24.8 Å². The fourth-order valence-electron chi connectivity index (χ4n) is 5.01. The first kappa shape index (κ1) is 25.7. The van der Waals surface area contributed by atoms with Gasteiger partial charge in [0, 0.05) is 19.6 Å². The van der Waals surface area contributed by atoms with Crippen LogP contribution < -0.4 is 10.1 Å². The van der Waals surface area contributed by atoms with Gasteiger partial charge in [0.1, 0.15) is 5.75 Å². The average molecular weight is 500 g/mol. The van der Waals surface area contributed by atoms with Crippen molar-refractivity contribution in [3.8, 4) is 5.75 Å². The number of carbonyl (C=O) groups is 1. The summed E-state index contributed by atoms with van der Waals surface area (Å²) in [6.07, 6.45) is 6.72. The third-order valence-electron chi connectivity index (χ3n) is 7.07. The average Bonchev–Trinajstić information content (AvgIpc) is 2.90. The summed E-state index contributed by atoms with van der Waals surface area (Å²) in [5, 5.41) is 3.11. The van der Waals surface area contributed by atoms with E-state index in [0.29, 0.717) is 24.5 Å². The molecule has 2 aromatic rings. The number of hydrogen-bond donors (Lipinski definition) is 1. The van der Waals surface area contributed by atoms with Gasteiger partial charge in [0.15, 0.2) is 0 Å². The zero-order valence-corrected chi connectivity index (χ0v) is 21.4. The topological polar surface area (TPSA) is 78.9 Å². The molecule has 1 N–H and O–H groups in total. The van der Waals surface area contributed by atoms with Crippen molar-refractivity contribution < 1.29 is 17.9 Å². The van der Waals surface area contributed by atoms with Crippen LogP contribution in [0.4, 0.5) is 0 Å². The molecule has 190 valence electrons. The maximum Gasteiger partial charge on any atom is 0.243 e. The largest absolute Gasteiger partial charge is 0.497 e. The number of likely N-dealkylation sites (tertiary alicyclic amines) is 1. The minimum absolute atomic E-state index is 0.0628. The summed E-state index contributed by atoms with van der Waals surface area (Å²) < 4.78 is 32.6. The third kappa shape index (κ3) is 6.63. The van der Waals surface area contributed by atoms with E-state index in [1.807, 2.05) is 12.1 Å². The molecule has 0 aromatic heterocycles. The first-order chi connectivity index (χ1) is 17.0. The second-order valence-electron chi connectivity index (χ2n) is 9.48. The third-order valence-corrected chi connectivity index (χ3v) is 8.98. The number of rotatable bonds is 9. The Morgan fingerprint density at radius 2 is 1.49 bits per heavy atom. The van der Waals surface area contributed by atoms with Gasteiger partial charge in [-0.25, -0.2) is 8.42 Å². The number of amides is 1. The molecule has 2 heterocycles. The lowest BCUT2D eigenvalue weighted by molar-refractivity contribution is -0.120. The SMILES string of the molecule is COc1ccc([C@@H](CNC(=O)Cc2ccc(S(=O)(=O)N3CCCCC3)cc2)N2CCCCC2)cc1. The highest BCUT2D eigenvalue weighted by Crippen LogP contribution is 2.26. The molecule has 4 rings (SSSR count). The lowest BCUT2D eigenvalue weighted by Gasteiger charge is -2.35. The van der Waals surface area contributed by atoms with Crippen LogP contribution >= 0.6 is 0 Å². The Balaban J connectivity index is 1.37. The van der Waals surface area contributed by atoms with Crippen molar-refractivity contribution in [3.05, 3.63) is 59.7 Å². The Hall–Kier alpha value is -2.42. The summed E-state index contributed by atoms with van der Waals surface area (Å²) in [5.41, 5.74) is 1.97. The highest BCUT2D eigenvalue weighted by atomic mass is 32.2. The lowest BCUT2D eigenvalue weighted by atomic mass is 10.0. The van der Waals surface area contributed by atoms with Crippen LogP contribution in [0.3, 0.4) is 0 Å². The standard InChI is InChI=1S/C27H37N3O4S/c1-34-24-12-10-23(11-13-24)26(29-16-4-2-5-17-29)21-28-27(31)20-22-8-14-25(15-9-22)35(32,33)30-18-6-3-7-19-30/h8-15,26H,2-7,16-21H2,1H3,(H,28,31)/t26-/m1/s1. The maximum absolute atomic E-state index is 12.9. The van der Waals surface area contributed by atoms with Gasteiger partial charge in [0.25, 0.3) is 0 Å². The number of sulfonamides is 1. The van der Waals surface area contributed by atoms with Gasteiger partial charge in [-0.05, 0) is 74.2 Å². The van der Waals surface area contributed by atoms with Gasteiger partial charge in [0.05, 0.1) is 24.5 Å². The second kappa shape index (κ2) is 12.0. The van der Waals surface area contributed by atoms with Crippen LogP contribution in [0.15, 0.2) is 53.4 Å². The van der Waals surface area contributed by atoms with Crippen molar-refractivity contribution in [2.24, 2.45) is 0 Å². The molecule has 2 aliphatic heterocycles. The molecule has 1 amide bonds. The first-order valence-corrected chi connectivity index (χ1v) is 14.2. The first-order valence-electron chi connectivity index (χ1n) is 12.7. The Labute approximate surface area is 209 Å². The molecule has 2 saturated heterocycles. The van der Waals surface area contributed by atoms with E-state index in [-0.39, 0.29) is 18.4 Å². The van der Waals surface area contributed by atoms with Crippen LogP contribution in [0.1, 0.15) is 55.7 Å². The Morgan fingerprint density at radius 1 is 0.886 bits per heavy atom. The molecule has 2 aromatic carbocycles. The van der Waals surface area contributed by atoms with Gasteiger partial charge in [-0.2, -0.15) is 4.31 Å². The van der Waals surface area contributed by atoms with E-state index >= 15 is 0 Å². The van der Waals surface area contributed by atoms with Gasteiger partial charge < -0.3 is 10.1 Å². The van der Waals surface area contributed by atoms with Crippen molar-refractivity contribution in [2.75, 3.05) is 39.8 Å². The lowest BCUT2D eigenvalue weighted by Crippen LogP contribution is -2.41. The van der Waals surface area contributed by atoms with Crippen molar-refractivity contribution in [1.29, 1.82) is 0 Å². The van der Waals surface area contributed by atoms with Gasteiger partial charge in [-0.3, -0.25) is 9.69 Å². The quantitative estimate of drug-likeness (QED) is 0.569. The number of nitrogens with zero attached hydrogens (tertiary/aromatic N) is 2. The molecular weight excluding hydrogens is 462 g/mol. The zero-order valence-electron chi connectivity index (χ0n) is 20.6. The molecule has 0 spiro atoms. The Bertz CT molecular complexity index is 1060. The molecule has 8 heteroatoms. The predicted octanol–water partition coefficient (Wildman–Crippen LogP) is 3.76. The number of carbonyl (C=O) groups excluding carboxylic acids is 1. The molecule has 2 aliphatic rings. The summed E-state index contributed by atoms with van der Waals surface area (Å²) in [6, 6.07) is 15.0. The highest BCUT2D eigenvalue weighted by Gasteiger charge is 2.26. The fourth-order valence-corrected chi connectivity index (χ4v) is 6.52.